The Kier molecular flexibility index (Phi) is 8.11. The quantitative estimate of drug-likeness (QED) is 0.396. The first kappa shape index (κ1) is 24.4. The van der Waals surface area contributed by atoms with E-state index in [0.29, 0.717) is 47.5 Å². The lowest BCUT2D eigenvalue weighted by Crippen LogP contribution is -2.39. The van der Waals surface area contributed by atoms with Gasteiger partial charge in [0.1, 0.15) is 17.2 Å². The lowest BCUT2D eigenvalue weighted by Gasteiger charge is -2.30. The Morgan fingerprint density at radius 3 is 2.49 bits per heavy atom. The number of anilines is 2. The normalized spacial score (nSPS) is 12.5. The number of carbonyl (C=O) groups is 2. The van der Waals surface area contributed by atoms with E-state index < -0.39 is 0 Å². The summed E-state index contributed by atoms with van der Waals surface area (Å²) in [6.45, 7) is 2.88. The van der Waals surface area contributed by atoms with Crippen LogP contribution in [0.25, 0.3) is 0 Å². The van der Waals surface area contributed by atoms with Gasteiger partial charge in [0, 0.05) is 17.3 Å². The number of rotatable bonds is 10. The maximum atomic E-state index is 12.6. The van der Waals surface area contributed by atoms with Crippen LogP contribution in [0.4, 0.5) is 11.4 Å². The van der Waals surface area contributed by atoms with Crippen molar-refractivity contribution >= 4 is 34.8 Å². The highest BCUT2D eigenvalue weighted by atomic mass is 35.5. The molecule has 0 aromatic heterocycles. The van der Waals surface area contributed by atoms with Gasteiger partial charge < -0.3 is 24.4 Å². The molecule has 1 aliphatic rings. The number of halogens is 1. The Morgan fingerprint density at radius 1 is 1.03 bits per heavy atom. The van der Waals surface area contributed by atoms with E-state index in [1.54, 1.807) is 47.4 Å². The van der Waals surface area contributed by atoms with Gasteiger partial charge in [0.05, 0.1) is 12.3 Å². The smallest absolute Gasteiger partial charge is 0.265 e. The lowest BCUT2D eigenvalue weighted by atomic mass is 10.2. The first-order valence-corrected chi connectivity index (χ1v) is 11.9. The fraction of sp³-hybridized carbons (Fsp3) is 0.259. The molecule has 35 heavy (non-hydrogen) atoms. The molecular weight excluding hydrogens is 468 g/mol. The third kappa shape index (κ3) is 6.67. The first-order valence-electron chi connectivity index (χ1n) is 11.5. The van der Waals surface area contributed by atoms with Crippen LogP contribution < -0.4 is 24.4 Å². The monoisotopic (exact) mass is 494 g/mol. The largest absolute Gasteiger partial charge is 0.494 e. The summed E-state index contributed by atoms with van der Waals surface area (Å²) >= 11 is 5.86. The molecule has 3 aromatic rings. The molecule has 0 unspecified atom stereocenters. The number of carbonyl (C=O) groups excluding carboxylic acids is 2. The van der Waals surface area contributed by atoms with E-state index in [1.807, 2.05) is 24.3 Å². The van der Waals surface area contributed by atoms with Gasteiger partial charge in [-0.25, -0.2) is 0 Å². The fourth-order valence-electron chi connectivity index (χ4n) is 3.64. The third-order valence-electron chi connectivity index (χ3n) is 5.50. The van der Waals surface area contributed by atoms with Gasteiger partial charge in [0.15, 0.2) is 13.2 Å². The average Bonchev–Trinajstić information content (AvgIpc) is 2.87. The highest BCUT2D eigenvalue weighted by Crippen LogP contribution is 2.34. The Bertz CT molecular complexity index is 1170. The van der Waals surface area contributed by atoms with Crippen LogP contribution in [0, 0.1) is 0 Å². The Labute approximate surface area is 209 Å². The molecule has 0 spiro atoms. The highest BCUT2D eigenvalue weighted by Gasteiger charge is 2.25. The summed E-state index contributed by atoms with van der Waals surface area (Å²) in [6.07, 6.45) is 1.63. The highest BCUT2D eigenvalue weighted by molar-refractivity contribution is 6.30. The van der Waals surface area contributed by atoms with Crippen LogP contribution in [0.1, 0.15) is 18.9 Å². The Morgan fingerprint density at radius 2 is 1.74 bits per heavy atom. The van der Waals surface area contributed by atoms with Crippen molar-refractivity contribution in [1.82, 2.24) is 0 Å². The summed E-state index contributed by atoms with van der Waals surface area (Å²) < 4.78 is 16.9. The van der Waals surface area contributed by atoms with Crippen LogP contribution in [0.5, 0.6) is 17.2 Å². The van der Waals surface area contributed by atoms with Gasteiger partial charge in [-0.2, -0.15) is 0 Å². The predicted octanol–water partition coefficient (Wildman–Crippen LogP) is 5.11. The van der Waals surface area contributed by atoms with Crippen LogP contribution in [-0.2, 0) is 16.0 Å². The second kappa shape index (κ2) is 11.6. The van der Waals surface area contributed by atoms with E-state index in [9.17, 15) is 9.59 Å². The van der Waals surface area contributed by atoms with E-state index in [-0.39, 0.29) is 25.0 Å². The van der Waals surface area contributed by atoms with Crippen LogP contribution in [0.2, 0.25) is 5.02 Å². The minimum Gasteiger partial charge on any atom is -0.494 e. The maximum absolute atomic E-state index is 12.6. The molecule has 0 atom stereocenters. The first-order chi connectivity index (χ1) is 17.0. The number of hydrogen-bond acceptors (Lipinski definition) is 5. The molecule has 7 nitrogen and oxygen atoms in total. The zero-order chi connectivity index (χ0) is 24.6. The van der Waals surface area contributed by atoms with Crippen molar-refractivity contribution in [2.75, 3.05) is 36.6 Å². The Hall–Kier alpha value is -3.71. The van der Waals surface area contributed by atoms with Gasteiger partial charge >= 0.3 is 0 Å². The molecule has 0 saturated carbocycles. The number of nitrogens with one attached hydrogen (secondary N) is 1. The number of benzene rings is 3. The number of ether oxygens (including phenoxy) is 3. The average molecular weight is 495 g/mol. The summed E-state index contributed by atoms with van der Waals surface area (Å²) in [4.78, 5) is 26.6. The van der Waals surface area contributed by atoms with Crippen molar-refractivity contribution in [3.63, 3.8) is 0 Å². The van der Waals surface area contributed by atoms with Crippen molar-refractivity contribution < 1.29 is 23.8 Å². The number of nitrogens with zero attached hydrogens (tertiary/aromatic N) is 1. The van der Waals surface area contributed by atoms with Gasteiger partial charge in [-0.15, -0.1) is 0 Å². The number of aryl methyl sites for hydroxylation is 1. The van der Waals surface area contributed by atoms with Crippen molar-refractivity contribution in [2.45, 2.75) is 19.8 Å². The topological polar surface area (TPSA) is 77.1 Å². The molecule has 8 heteroatoms. The fourth-order valence-corrected chi connectivity index (χ4v) is 3.76. The SMILES string of the molecule is CCc1ccc(OCCCN2C(=O)COc3ccc(NC(=O)COc4ccc(Cl)cc4)cc32)cc1. The number of fused-ring (bicyclic) bond motifs is 1. The summed E-state index contributed by atoms with van der Waals surface area (Å²) in [7, 11) is 0. The van der Waals surface area contributed by atoms with Crippen LogP contribution in [-0.4, -0.2) is 38.2 Å². The molecule has 1 N–H and O–H groups in total. The molecule has 4 rings (SSSR count). The molecular formula is C27H27ClN2O5. The van der Waals surface area contributed by atoms with Crippen molar-refractivity contribution in [2.24, 2.45) is 0 Å². The second-order valence-electron chi connectivity index (χ2n) is 8.01. The van der Waals surface area contributed by atoms with Crippen molar-refractivity contribution in [1.29, 1.82) is 0 Å². The molecule has 1 heterocycles. The summed E-state index contributed by atoms with van der Waals surface area (Å²) in [6, 6.07) is 20.0. The molecule has 182 valence electrons. The van der Waals surface area contributed by atoms with Gasteiger partial charge in [0.25, 0.3) is 11.8 Å². The van der Waals surface area contributed by atoms with E-state index in [1.165, 1.54) is 5.56 Å². The molecule has 0 bridgehead atoms. The molecule has 3 aromatic carbocycles. The number of amides is 2. The zero-order valence-corrected chi connectivity index (χ0v) is 20.2. The standard InChI is InChI=1S/C27H27ClN2O5/c1-2-19-4-9-22(10-5-19)33-15-3-14-30-24-16-21(8-13-25(24)35-18-27(30)32)29-26(31)17-34-23-11-6-20(28)7-12-23/h4-13,16H,2-3,14-15,17-18H2,1H3,(H,29,31). The minimum absolute atomic E-state index is 0.0209. The van der Waals surface area contributed by atoms with E-state index >= 15 is 0 Å². The van der Waals surface area contributed by atoms with E-state index in [0.717, 1.165) is 12.2 Å². The third-order valence-corrected chi connectivity index (χ3v) is 5.75. The predicted molar refractivity (Wildman–Crippen MR) is 136 cm³/mol. The second-order valence-corrected chi connectivity index (χ2v) is 8.44. The molecule has 0 fully saturated rings. The Balaban J connectivity index is 1.32. The number of hydrogen-bond donors (Lipinski definition) is 1. The van der Waals surface area contributed by atoms with Gasteiger partial charge in [-0.05, 0) is 73.0 Å². The maximum Gasteiger partial charge on any atom is 0.265 e. The molecule has 0 radical (unpaired) electrons. The van der Waals surface area contributed by atoms with E-state index in [2.05, 4.69) is 12.2 Å². The minimum atomic E-state index is -0.322. The summed E-state index contributed by atoms with van der Waals surface area (Å²) in [5.41, 5.74) is 2.42. The van der Waals surface area contributed by atoms with Crippen molar-refractivity contribution in [3.05, 3.63) is 77.3 Å². The van der Waals surface area contributed by atoms with Gasteiger partial charge in [-0.1, -0.05) is 30.7 Å². The van der Waals surface area contributed by atoms with E-state index in [4.69, 9.17) is 25.8 Å². The molecule has 0 saturated heterocycles. The summed E-state index contributed by atoms with van der Waals surface area (Å²) in [5, 5.41) is 3.39. The molecule has 0 aliphatic carbocycles. The van der Waals surface area contributed by atoms with Gasteiger partial charge in [-0.3, -0.25) is 9.59 Å². The molecule has 1 aliphatic heterocycles. The van der Waals surface area contributed by atoms with Gasteiger partial charge in [0.2, 0.25) is 0 Å². The van der Waals surface area contributed by atoms with Crippen LogP contribution >= 0.6 is 11.6 Å². The lowest BCUT2D eigenvalue weighted by molar-refractivity contribution is -0.121. The molecule has 2 amide bonds. The van der Waals surface area contributed by atoms with Crippen molar-refractivity contribution in [3.8, 4) is 17.2 Å². The zero-order valence-electron chi connectivity index (χ0n) is 19.5. The summed E-state index contributed by atoms with van der Waals surface area (Å²) in [5.74, 6) is 1.48. The van der Waals surface area contributed by atoms with Crippen LogP contribution in [0.3, 0.4) is 0 Å². The van der Waals surface area contributed by atoms with Crippen LogP contribution in [0.15, 0.2) is 66.7 Å².